The first-order chi connectivity index (χ1) is 11.3. The van der Waals surface area contributed by atoms with Crippen LogP contribution in [0.3, 0.4) is 0 Å². The molecule has 0 aliphatic carbocycles. The number of carbonyl (C=O) groups is 3. The molecule has 1 amide bonds. The van der Waals surface area contributed by atoms with Gasteiger partial charge >= 0.3 is 0 Å². The van der Waals surface area contributed by atoms with E-state index in [-0.39, 0.29) is 30.3 Å². The first-order valence-corrected chi connectivity index (χ1v) is 8.29. The Morgan fingerprint density at radius 1 is 1.17 bits per heavy atom. The lowest BCUT2D eigenvalue weighted by atomic mass is 9.74. The quantitative estimate of drug-likeness (QED) is 0.753. The van der Waals surface area contributed by atoms with Crippen molar-refractivity contribution < 1.29 is 14.4 Å². The van der Waals surface area contributed by atoms with E-state index in [2.05, 4.69) is 5.10 Å². The van der Waals surface area contributed by atoms with Crippen molar-refractivity contribution in [3.63, 3.8) is 0 Å². The molecule has 0 bridgehead atoms. The summed E-state index contributed by atoms with van der Waals surface area (Å²) in [5.74, 6) is -0.178. The lowest BCUT2D eigenvalue weighted by molar-refractivity contribution is -0.125. The molecule has 128 valence electrons. The van der Waals surface area contributed by atoms with Gasteiger partial charge in [0.1, 0.15) is 11.6 Å². The molecule has 5 nitrogen and oxygen atoms in total. The molecular weight excluding hydrogens is 328 g/mol. The maximum atomic E-state index is 13.1. The summed E-state index contributed by atoms with van der Waals surface area (Å²) in [5, 5.41) is 6.26. The Balaban J connectivity index is 2.36. The maximum absolute atomic E-state index is 13.1. The molecule has 0 aromatic heterocycles. The molecule has 0 saturated carbocycles. The topological polar surface area (TPSA) is 66.8 Å². The second-order valence-corrected chi connectivity index (χ2v) is 6.70. The molecule has 1 aliphatic heterocycles. The summed E-state index contributed by atoms with van der Waals surface area (Å²) < 4.78 is 0. The van der Waals surface area contributed by atoms with Crippen molar-refractivity contribution >= 4 is 40.5 Å². The molecule has 0 atom stereocenters. The number of hydrogen-bond donors (Lipinski definition) is 0. The Morgan fingerprint density at radius 2 is 1.75 bits per heavy atom. The van der Waals surface area contributed by atoms with Crippen molar-refractivity contribution in [1.29, 1.82) is 0 Å². The Kier molecular flexibility index (Phi) is 5.54. The fraction of sp³-hybridized carbons (Fsp3) is 0.444. The van der Waals surface area contributed by atoms with Crippen LogP contribution in [0.1, 0.15) is 46.5 Å². The van der Waals surface area contributed by atoms with Crippen LogP contribution in [0.25, 0.3) is 0 Å². The monoisotopic (exact) mass is 348 g/mol. The van der Waals surface area contributed by atoms with E-state index in [9.17, 15) is 14.4 Å². The summed E-state index contributed by atoms with van der Waals surface area (Å²) >= 11 is 6.01. The summed E-state index contributed by atoms with van der Waals surface area (Å²) in [4.78, 5) is 36.0. The van der Waals surface area contributed by atoms with Crippen molar-refractivity contribution in [1.82, 2.24) is 0 Å². The van der Waals surface area contributed by atoms with Crippen molar-refractivity contribution in [2.24, 2.45) is 10.5 Å². The van der Waals surface area contributed by atoms with Gasteiger partial charge in [-0.15, -0.1) is 0 Å². The third-order valence-electron chi connectivity index (χ3n) is 4.40. The first-order valence-electron chi connectivity index (χ1n) is 7.91. The predicted octanol–water partition coefficient (Wildman–Crippen LogP) is 3.79. The molecule has 0 saturated heterocycles. The molecule has 1 aromatic rings. The van der Waals surface area contributed by atoms with E-state index >= 15 is 0 Å². The molecule has 0 spiro atoms. The number of amides is 1. The third kappa shape index (κ3) is 3.73. The Labute approximate surface area is 146 Å². The summed E-state index contributed by atoms with van der Waals surface area (Å²) in [5.41, 5.74) is 0.314. The fourth-order valence-corrected chi connectivity index (χ4v) is 3.10. The first kappa shape index (κ1) is 18.3. The minimum atomic E-state index is -0.903. The predicted molar refractivity (Wildman–Crippen MR) is 94.3 cm³/mol. The number of benzene rings is 1. The van der Waals surface area contributed by atoms with Gasteiger partial charge in [-0.2, -0.15) is 10.1 Å². The summed E-state index contributed by atoms with van der Waals surface area (Å²) in [6.07, 6.45) is 1.28. The van der Waals surface area contributed by atoms with Crippen molar-refractivity contribution in [2.75, 3.05) is 5.01 Å². The van der Waals surface area contributed by atoms with Gasteiger partial charge in [-0.25, -0.2) is 0 Å². The van der Waals surface area contributed by atoms with Crippen molar-refractivity contribution in [2.45, 2.75) is 46.5 Å². The third-order valence-corrected chi connectivity index (χ3v) is 4.64. The van der Waals surface area contributed by atoms with Gasteiger partial charge in [-0.1, -0.05) is 17.7 Å². The highest BCUT2D eigenvalue weighted by Gasteiger charge is 2.49. The Bertz CT molecular complexity index is 694. The van der Waals surface area contributed by atoms with E-state index in [1.54, 1.807) is 31.2 Å². The highest BCUT2D eigenvalue weighted by atomic mass is 35.5. The van der Waals surface area contributed by atoms with Crippen LogP contribution in [-0.4, -0.2) is 23.2 Å². The van der Waals surface area contributed by atoms with Gasteiger partial charge in [0.15, 0.2) is 0 Å². The molecule has 1 aliphatic rings. The number of halogens is 1. The lowest BCUT2D eigenvalue weighted by Gasteiger charge is -2.27. The van der Waals surface area contributed by atoms with E-state index in [1.807, 2.05) is 0 Å². The smallest absolute Gasteiger partial charge is 0.259 e. The number of anilines is 1. The molecular formula is C18H21ClN2O3. The minimum Gasteiger partial charge on any atom is -0.300 e. The number of hydrogen-bond acceptors (Lipinski definition) is 4. The highest BCUT2D eigenvalue weighted by molar-refractivity contribution is 6.31. The average molecular weight is 349 g/mol. The zero-order valence-electron chi connectivity index (χ0n) is 14.1. The van der Waals surface area contributed by atoms with Gasteiger partial charge in [0, 0.05) is 17.9 Å². The van der Waals surface area contributed by atoms with Crippen LogP contribution >= 0.6 is 11.6 Å². The van der Waals surface area contributed by atoms with Gasteiger partial charge in [0.2, 0.25) is 0 Å². The zero-order chi connectivity index (χ0) is 17.9. The minimum absolute atomic E-state index is 0.0130. The number of nitrogens with zero attached hydrogens (tertiary/aromatic N) is 2. The Hall–Kier alpha value is -2.01. The van der Waals surface area contributed by atoms with Crippen LogP contribution in [0, 0.1) is 5.41 Å². The van der Waals surface area contributed by atoms with Crippen LogP contribution in [-0.2, 0) is 14.4 Å². The van der Waals surface area contributed by atoms with Gasteiger partial charge in [0.05, 0.1) is 16.8 Å². The van der Waals surface area contributed by atoms with Crippen LogP contribution in [0.15, 0.2) is 29.4 Å². The van der Waals surface area contributed by atoms with E-state index < -0.39 is 5.41 Å². The highest BCUT2D eigenvalue weighted by Crippen LogP contribution is 2.41. The number of Topliss-reactive ketones (excluding diaryl/α,β-unsaturated/α-hetero) is 2. The number of carbonyl (C=O) groups excluding carboxylic acids is 3. The SMILES string of the molecule is CC(=O)CCC1(CCC(C)=O)C(=O)N(c2cccc(Cl)c2)N=C1C. The molecule has 0 fully saturated rings. The van der Waals surface area contributed by atoms with Crippen molar-refractivity contribution in [3.8, 4) is 0 Å². The summed E-state index contributed by atoms with van der Waals surface area (Å²) in [6, 6.07) is 6.90. The molecule has 1 heterocycles. The molecule has 0 unspecified atom stereocenters. The standard InChI is InChI=1S/C18H21ClN2O3/c1-12(22)7-9-18(10-8-13(2)23)14(3)20-21(17(18)24)16-6-4-5-15(19)11-16/h4-6,11H,7-10H2,1-3H3. The fourth-order valence-electron chi connectivity index (χ4n) is 2.91. The second kappa shape index (κ2) is 7.26. The van der Waals surface area contributed by atoms with Crippen LogP contribution in [0.2, 0.25) is 5.02 Å². The lowest BCUT2D eigenvalue weighted by Crippen LogP contribution is -2.40. The molecule has 6 heteroatoms. The molecule has 2 rings (SSSR count). The zero-order valence-corrected chi connectivity index (χ0v) is 14.9. The van der Waals surface area contributed by atoms with E-state index in [4.69, 9.17) is 11.6 Å². The second-order valence-electron chi connectivity index (χ2n) is 6.27. The Morgan fingerprint density at radius 3 is 2.25 bits per heavy atom. The molecule has 24 heavy (non-hydrogen) atoms. The molecule has 0 radical (unpaired) electrons. The van der Waals surface area contributed by atoms with E-state index in [0.29, 0.717) is 29.3 Å². The number of rotatable bonds is 7. The van der Waals surface area contributed by atoms with Crippen molar-refractivity contribution in [3.05, 3.63) is 29.3 Å². The summed E-state index contributed by atoms with van der Waals surface area (Å²) in [7, 11) is 0. The van der Waals surface area contributed by atoms with Crippen LogP contribution < -0.4 is 5.01 Å². The van der Waals surface area contributed by atoms with Gasteiger partial charge < -0.3 is 9.59 Å². The number of ketones is 2. The van der Waals surface area contributed by atoms with Crippen LogP contribution in [0.4, 0.5) is 5.69 Å². The number of hydrazone groups is 1. The normalized spacial score (nSPS) is 16.2. The average Bonchev–Trinajstić information content (AvgIpc) is 2.75. The maximum Gasteiger partial charge on any atom is 0.259 e. The van der Waals surface area contributed by atoms with E-state index in [0.717, 1.165) is 0 Å². The summed E-state index contributed by atoms with van der Waals surface area (Å²) in [6.45, 7) is 4.78. The van der Waals surface area contributed by atoms with Gasteiger partial charge in [-0.3, -0.25) is 4.79 Å². The van der Waals surface area contributed by atoms with E-state index in [1.165, 1.54) is 18.9 Å². The molecule has 1 aromatic carbocycles. The van der Waals surface area contributed by atoms with Crippen LogP contribution in [0.5, 0.6) is 0 Å². The molecule has 0 N–H and O–H groups in total. The van der Waals surface area contributed by atoms with Gasteiger partial charge in [0.25, 0.3) is 5.91 Å². The van der Waals surface area contributed by atoms with Gasteiger partial charge in [-0.05, 0) is 51.8 Å². The largest absolute Gasteiger partial charge is 0.300 e.